The van der Waals surface area contributed by atoms with Crippen LogP contribution >= 0.6 is 12.4 Å². The van der Waals surface area contributed by atoms with Crippen molar-refractivity contribution < 1.29 is 26.3 Å². The molecule has 0 unspecified atom stereocenters. The molecule has 0 aromatic heterocycles. The van der Waals surface area contributed by atoms with Crippen LogP contribution < -0.4 is 5.73 Å². The molecule has 18 heavy (non-hydrogen) atoms. The van der Waals surface area contributed by atoms with E-state index in [0.717, 1.165) is 0 Å². The van der Waals surface area contributed by atoms with Crippen LogP contribution in [0.25, 0.3) is 0 Å². The van der Waals surface area contributed by atoms with E-state index in [-0.39, 0.29) is 18.5 Å². The fraction of sp³-hybridized carbons (Fsp3) is 0.222. The van der Waals surface area contributed by atoms with Crippen LogP contribution in [0.15, 0.2) is 18.2 Å². The summed E-state index contributed by atoms with van der Waals surface area (Å²) in [5, 5.41) is 6.88. The Balaban J connectivity index is 0.00000289. The van der Waals surface area contributed by atoms with Gasteiger partial charge in [-0.15, -0.1) is 12.4 Å². The Labute approximate surface area is 104 Å². The first-order valence-corrected chi connectivity index (χ1v) is 4.15. The molecular formula is C9H7ClF6N2. The first kappa shape index (κ1) is 16.6. The molecule has 0 amide bonds. The molecule has 1 aromatic rings. The number of nitrogens with two attached hydrogens (primary N) is 1. The predicted molar refractivity (Wildman–Crippen MR) is 54.7 cm³/mol. The molecule has 9 heteroatoms. The van der Waals surface area contributed by atoms with Gasteiger partial charge in [0.1, 0.15) is 5.84 Å². The van der Waals surface area contributed by atoms with E-state index in [4.69, 9.17) is 11.1 Å². The van der Waals surface area contributed by atoms with Crippen LogP contribution in [0.3, 0.4) is 0 Å². The highest BCUT2D eigenvalue weighted by Gasteiger charge is 2.37. The van der Waals surface area contributed by atoms with Gasteiger partial charge in [-0.2, -0.15) is 26.3 Å². The summed E-state index contributed by atoms with van der Waals surface area (Å²) in [5.41, 5.74) is 1.29. The second kappa shape index (κ2) is 5.05. The first-order chi connectivity index (χ1) is 7.51. The number of benzene rings is 1. The second-order valence-electron chi connectivity index (χ2n) is 3.21. The van der Waals surface area contributed by atoms with Gasteiger partial charge in [-0.25, -0.2) is 0 Å². The van der Waals surface area contributed by atoms with E-state index in [2.05, 4.69) is 0 Å². The maximum atomic E-state index is 12.3. The van der Waals surface area contributed by atoms with Crippen LogP contribution in [0.5, 0.6) is 0 Å². The van der Waals surface area contributed by atoms with Crippen molar-refractivity contribution in [2.45, 2.75) is 12.4 Å². The average Bonchev–Trinajstić information content (AvgIpc) is 2.14. The van der Waals surface area contributed by atoms with Gasteiger partial charge in [0, 0.05) is 5.56 Å². The normalized spacial score (nSPS) is 11.9. The minimum absolute atomic E-state index is 0. The van der Waals surface area contributed by atoms with Crippen molar-refractivity contribution in [3.63, 3.8) is 0 Å². The molecule has 0 bridgehead atoms. The van der Waals surface area contributed by atoms with Crippen molar-refractivity contribution in [2.24, 2.45) is 5.73 Å². The number of hydrogen-bond acceptors (Lipinski definition) is 1. The smallest absolute Gasteiger partial charge is 0.384 e. The van der Waals surface area contributed by atoms with Gasteiger partial charge in [0.25, 0.3) is 0 Å². The van der Waals surface area contributed by atoms with Gasteiger partial charge in [0.15, 0.2) is 0 Å². The molecule has 0 saturated heterocycles. The molecule has 102 valence electrons. The molecule has 1 aromatic carbocycles. The summed E-state index contributed by atoms with van der Waals surface area (Å²) in [5.74, 6) is -0.860. The summed E-state index contributed by atoms with van der Waals surface area (Å²) >= 11 is 0. The monoisotopic (exact) mass is 292 g/mol. The molecule has 0 radical (unpaired) electrons. The Morgan fingerprint density at radius 3 is 1.44 bits per heavy atom. The van der Waals surface area contributed by atoms with Gasteiger partial charge in [-0.3, -0.25) is 5.41 Å². The lowest BCUT2D eigenvalue weighted by molar-refractivity contribution is -0.143. The molecular weight excluding hydrogens is 286 g/mol. The summed E-state index contributed by atoms with van der Waals surface area (Å²) in [6.07, 6.45) is -9.85. The molecule has 0 aliphatic heterocycles. The van der Waals surface area contributed by atoms with Gasteiger partial charge in [0.2, 0.25) is 0 Å². The molecule has 0 fully saturated rings. The fourth-order valence-electron chi connectivity index (χ4n) is 1.11. The highest BCUT2D eigenvalue weighted by Crippen LogP contribution is 2.36. The highest BCUT2D eigenvalue weighted by molar-refractivity contribution is 5.95. The fourth-order valence-corrected chi connectivity index (χ4v) is 1.11. The quantitative estimate of drug-likeness (QED) is 0.465. The van der Waals surface area contributed by atoms with Gasteiger partial charge in [0.05, 0.1) is 11.1 Å². The molecule has 0 atom stereocenters. The predicted octanol–water partition coefficient (Wildman–Crippen LogP) is 3.43. The number of hydrogen-bond donors (Lipinski definition) is 2. The van der Waals surface area contributed by atoms with Crippen LogP contribution in [0.2, 0.25) is 0 Å². The van der Waals surface area contributed by atoms with Crippen LogP contribution in [0.1, 0.15) is 16.7 Å². The van der Waals surface area contributed by atoms with E-state index >= 15 is 0 Å². The van der Waals surface area contributed by atoms with E-state index < -0.39 is 34.9 Å². The molecule has 0 saturated carbocycles. The standard InChI is InChI=1S/C9H6F6N2.ClH/c10-8(11,12)5-1-4(7(16)17)2-6(3-5)9(13,14)15;/h1-3H,(H3,16,17);1H. The molecule has 3 N–H and O–H groups in total. The van der Waals surface area contributed by atoms with Crippen molar-refractivity contribution in [1.82, 2.24) is 0 Å². The topological polar surface area (TPSA) is 49.9 Å². The van der Waals surface area contributed by atoms with E-state index in [1.54, 1.807) is 0 Å². The zero-order valence-electron chi connectivity index (χ0n) is 8.49. The van der Waals surface area contributed by atoms with Crippen LogP contribution in [-0.4, -0.2) is 5.84 Å². The number of nitrogens with one attached hydrogen (secondary N) is 1. The molecule has 0 heterocycles. The van der Waals surface area contributed by atoms with Crippen molar-refractivity contribution >= 4 is 18.2 Å². The zero-order chi connectivity index (χ0) is 13.4. The Morgan fingerprint density at radius 2 is 1.22 bits per heavy atom. The first-order valence-electron chi connectivity index (χ1n) is 4.15. The summed E-state index contributed by atoms with van der Waals surface area (Å²) in [6, 6.07) is 0.779. The van der Waals surface area contributed by atoms with Crippen LogP contribution in [-0.2, 0) is 12.4 Å². The third kappa shape index (κ3) is 3.80. The highest BCUT2D eigenvalue weighted by atomic mass is 35.5. The van der Waals surface area contributed by atoms with E-state index in [9.17, 15) is 26.3 Å². The number of amidine groups is 1. The molecule has 1 rings (SSSR count). The average molecular weight is 293 g/mol. The largest absolute Gasteiger partial charge is 0.416 e. The van der Waals surface area contributed by atoms with Crippen molar-refractivity contribution in [1.29, 1.82) is 5.41 Å². The minimum Gasteiger partial charge on any atom is -0.384 e. The Hall–Kier alpha value is -1.44. The maximum Gasteiger partial charge on any atom is 0.416 e. The van der Waals surface area contributed by atoms with E-state index in [1.165, 1.54) is 0 Å². The van der Waals surface area contributed by atoms with E-state index in [0.29, 0.717) is 12.1 Å². The van der Waals surface area contributed by atoms with Gasteiger partial charge < -0.3 is 5.73 Å². The van der Waals surface area contributed by atoms with Gasteiger partial charge in [-0.05, 0) is 18.2 Å². The van der Waals surface area contributed by atoms with Crippen LogP contribution in [0.4, 0.5) is 26.3 Å². The summed E-state index contributed by atoms with van der Waals surface area (Å²) < 4.78 is 73.9. The number of halogens is 7. The SMILES string of the molecule is Cl.N=C(N)c1cc(C(F)(F)F)cc(C(F)(F)F)c1. The zero-order valence-corrected chi connectivity index (χ0v) is 9.30. The Morgan fingerprint density at radius 1 is 0.889 bits per heavy atom. The summed E-state index contributed by atoms with van der Waals surface area (Å²) in [6.45, 7) is 0. The van der Waals surface area contributed by atoms with E-state index in [1.807, 2.05) is 0 Å². The van der Waals surface area contributed by atoms with Crippen molar-refractivity contribution in [3.8, 4) is 0 Å². The second-order valence-corrected chi connectivity index (χ2v) is 3.21. The lowest BCUT2D eigenvalue weighted by Crippen LogP contribution is -2.17. The molecule has 2 nitrogen and oxygen atoms in total. The Bertz CT molecular complexity index is 419. The molecule has 0 spiro atoms. The Kier molecular flexibility index (Phi) is 4.65. The number of nitrogen functional groups attached to an aromatic ring is 1. The van der Waals surface area contributed by atoms with Crippen LogP contribution in [0, 0.1) is 5.41 Å². The summed E-state index contributed by atoms with van der Waals surface area (Å²) in [4.78, 5) is 0. The van der Waals surface area contributed by atoms with Crippen molar-refractivity contribution in [3.05, 3.63) is 34.9 Å². The summed E-state index contributed by atoms with van der Waals surface area (Å²) in [7, 11) is 0. The maximum absolute atomic E-state index is 12.3. The number of alkyl halides is 6. The third-order valence-electron chi connectivity index (χ3n) is 1.90. The molecule has 0 aliphatic carbocycles. The third-order valence-corrected chi connectivity index (χ3v) is 1.90. The minimum atomic E-state index is -4.93. The lowest BCUT2D eigenvalue weighted by Gasteiger charge is -2.13. The lowest BCUT2D eigenvalue weighted by atomic mass is 10.0. The van der Waals surface area contributed by atoms with Gasteiger partial charge in [-0.1, -0.05) is 0 Å². The number of rotatable bonds is 1. The molecule has 0 aliphatic rings. The van der Waals surface area contributed by atoms with Crippen molar-refractivity contribution in [2.75, 3.05) is 0 Å². The van der Waals surface area contributed by atoms with Gasteiger partial charge >= 0.3 is 12.4 Å².